The Morgan fingerprint density at radius 1 is 0.849 bits per heavy atom. The summed E-state index contributed by atoms with van der Waals surface area (Å²) in [4.78, 5) is 55.6. The first-order valence-electron chi connectivity index (χ1n) is 19.0. The fraction of sp³-hybridized carbons (Fsp3) is 0.405. The molecule has 1 aromatic heterocycles. The van der Waals surface area contributed by atoms with E-state index < -0.39 is 6.04 Å². The molecule has 7 rings (SSSR count). The number of hydrogen-bond acceptors (Lipinski definition) is 10. The van der Waals surface area contributed by atoms with Gasteiger partial charge in [0.1, 0.15) is 6.29 Å². The van der Waals surface area contributed by atoms with Crippen LogP contribution in [-0.2, 0) is 11.3 Å². The number of carbonyl (C=O) groups excluding carboxylic acids is 3. The van der Waals surface area contributed by atoms with Crippen molar-refractivity contribution in [2.24, 2.45) is 5.92 Å². The van der Waals surface area contributed by atoms with E-state index in [0.29, 0.717) is 29.4 Å². The third kappa shape index (κ3) is 7.96. The maximum Gasteiger partial charge on any atom is 0.262 e. The Morgan fingerprint density at radius 3 is 2.26 bits per heavy atom. The number of benzene rings is 3. The quantitative estimate of drug-likeness (QED) is 0.128. The number of nitrogens with zero attached hydrogens (tertiary/aromatic N) is 6. The van der Waals surface area contributed by atoms with Gasteiger partial charge in [0.2, 0.25) is 5.95 Å². The lowest BCUT2D eigenvalue weighted by atomic mass is 9.95. The first-order chi connectivity index (χ1) is 25.8. The zero-order valence-electron chi connectivity index (χ0n) is 31.1. The molecule has 53 heavy (non-hydrogen) atoms. The fourth-order valence-corrected chi connectivity index (χ4v) is 7.94. The molecule has 1 unspecified atom stereocenters. The van der Waals surface area contributed by atoms with Crippen LogP contribution >= 0.6 is 0 Å². The van der Waals surface area contributed by atoms with Crippen molar-refractivity contribution in [1.82, 2.24) is 25.1 Å². The number of aryl methyl sites for hydroxylation is 1. The molecule has 4 heterocycles. The molecule has 276 valence electrons. The molecule has 11 heteroatoms. The van der Waals surface area contributed by atoms with Crippen LogP contribution in [0.4, 0.5) is 23.0 Å². The largest absolute Gasteiger partial charge is 0.371 e. The number of aldehydes is 1. The second kappa shape index (κ2) is 16.3. The molecule has 1 atom stereocenters. The Hall–Kier alpha value is -5.13. The maximum atomic E-state index is 13.2. The van der Waals surface area contributed by atoms with Gasteiger partial charge in [0.05, 0.1) is 22.9 Å². The van der Waals surface area contributed by atoms with Gasteiger partial charge in [0.25, 0.3) is 11.8 Å². The van der Waals surface area contributed by atoms with Crippen molar-refractivity contribution in [2.45, 2.75) is 52.1 Å². The SMILES string of the molecule is CCCC(C=O)N1C(=O)c2ccc(N3CCC(CN4CCN(c5ccc(Nc6nccc(-c7ccc(CNC)c(C)c7)n6)cc5)CC4)CC3)cc2C1=O. The number of anilines is 4. The Morgan fingerprint density at radius 2 is 1.57 bits per heavy atom. The summed E-state index contributed by atoms with van der Waals surface area (Å²) in [5, 5.41) is 6.60. The van der Waals surface area contributed by atoms with Crippen LogP contribution in [0.1, 0.15) is 64.4 Å². The number of amides is 2. The Labute approximate surface area is 312 Å². The number of piperazine rings is 1. The molecule has 3 aliphatic heterocycles. The van der Waals surface area contributed by atoms with E-state index in [9.17, 15) is 14.4 Å². The summed E-state index contributed by atoms with van der Waals surface area (Å²) >= 11 is 0. The smallest absolute Gasteiger partial charge is 0.262 e. The molecule has 3 aliphatic rings. The van der Waals surface area contributed by atoms with Gasteiger partial charge < -0.3 is 25.2 Å². The summed E-state index contributed by atoms with van der Waals surface area (Å²) in [6, 6.07) is 21.8. The summed E-state index contributed by atoms with van der Waals surface area (Å²) in [6.45, 7) is 11.9. The molecule has 0 bridgehead atoms. The highest BCUT2D eigenvalue weighted by atomic mass is 16.2. The van der Waals surface area contributed by atoms with Gasteiger partial charge in [-0.2, -0.15) is 0 Å². The van der Waals surface area contributed by atoms with E-state index in [1.807, 2.05) is 32.2 Å². The molecule has 0 radical (unpaired) electrons. The summed E-state index contributed by atoms with van der Waals surface area (Å²) in [5.41, 5.74) is 8.45. The van der Waals surface area contributed by atoms with Crippen LogP contribution in [-0.4, -0.2) is 96.8 Å². The average Bonchev–Trinajstić information content (AvgIpc) is 3.43. The lowest BCUT2D eigenvalue weighted by molar-refractivity contribution is -0.111. The molecule has 0 saturated carbocycles. The van der Waals surface area contributed by atoms with Gasteiger partial charge >= 0.3 is 0 Å². The van der Waals surface area contributed by atoms with Crippen molar-refractivity contribution in [3.63, 3.8) is 0 Å². The second-order valence-corrected chi connectivity index (χ2v) is 14.5. The van der Waals surface area contributed by atoms with E-state index in [4.69, 9.17) is 4.98 Å². The summed E-state index contributed by atoms with van der Waals surface area (Å²) < 4.78 is 0. The number of nitrogens with one attached hydrogen (secondary N) is 2. The number of rotatable bonds is 13. The molecule has 2 amide bonds. The van der Waals surface area contributed by atoms with E-state index in [2.05, 4.69) is 79.7 Å². The fourth-order valence-electron chi connectivity index (χ4n) is 7.94. The van der Waals surface area contributed by atoms with Crippen LogP contribution in [0.5, 0.6) is 0 Å². The van der Waals surface area contributed by atoms with Crippen molar-refractivity contribution >= 4 is 41.1 Å². The Bertz CT molecular complexity index is 1930. The maximum absolute atomic E-state index is 13.2. The standard InChI is InChI=1S/C42H50N8O3/c1-4-5-36(28-51)50-40(52)37-13-12-35(25-38(37)41(50)53)48-18-15-30(16-19-48)27-47-20-22-49(23-21-47)34-10-8-33(9-11-34)45-42-44-17-14-39(46-42)31-6-7-32(26-43-3)29(2)24-31/h6-14,17,24-25,28,30,36,43H,4-5,15-16,18-23,26-27H2,1-3H3,(H,44,45,46). The number of carbonyl (C=O) groups is 3. The molecule has 2 fully saturated rings. The zero-order chi connectivity index (χ0) is 36.9. The molecule has 0 spiro atoms. The lowest BCUT2D eigenvalue weighted by Crippen LogP contribution is -2.49. The van der Waals surface area contributed by atoms with E-state index >= 15 is 0 Å². The van der Waals surface area contributed by atoms with Gasteiger partial charge in [-0.05, 0) is 105 Å². The monoisotopic (exact) mass is 714 g/mol. The van der Waals surface area contributed by atoms with Crippen molar-refractivity contribution in [2.75, 3.05) is 68.0 Å². The van der Waals surface area contributed by atoms with Crippen LogP contribution in [0.15, 0.2) is 72.9 Å². The van der Waals surface area contributed by atoms with Crippen molar-refractivity contribution in [1.29, 1.82) is 0 Å². The number of piperidine rings is 1. The number of imide groups is 1. The minimum absolute atomic E-state index is 0.354. The number of aromatic nitrogens is 2. The summed E-state index contributed by atoms with van der Waals surface area (Å²) in [7, 11) is 1.96. The predicted octanol–water partition coefficient (Wildman–Crippen LogP) is 5.92. The molecule has 4 aromatic rings. The normalized spacial score (nSPS) is 17.3. The molecule has 3 aromatic carbocycles. The third-order valence-electron chi connectivity index (χ3n) is 11.0. The minimum atomic E-state index is -0.705. The van der Waals surface area contributed by atoms with E-state index in [1.165, 1.54) is 16.8 Å². The van der Waals surface area contributed by atoms with Gasteiger partial charge in [-0.15, -0.1) is 0 Å². The van der Waals surface area contributed by atoms with E-state index in [-0.39, 0.29) is 11.8 Å². The highest BCUT2D eigenvalue weighted by molar-refractivity contribution is 6.22. The van der Waals surface area contributed by atoms with Gasteiger partial charge in [-0.3, -0.25) is 19.4 Å². The van der Waals surface area contributed by atoms with Gasteiger partial charge in [0, 0.05) is 81.2 Å². The highest BCUT2D eigenvalue weighted by Gasteiger charge is 2.40. The first kappa shape index (κ1) is 36.2. The average molecular weight is 715 g/mol. The number of hydrogen-bond donors (Lipinski definition) is 2. The minimum Gasteiger partial charge on any atom is -0.371 e. The van der Waals surface area contributed by atoms with E-state index in [1.54, 1.807) is 12.3 Å². The second-order valence-electron chi connectivity index (χ2n) is 14.5. The van der Waals surface area contributed by atoms with Gasteiger partial charge in [-0.25, -0.2) is 9.97 Å². The van der Waals surface area contributed by atoms with Crippen molar-refractivity contribution in [3.8, 4) is 11.3 Å². The van der Waals surface area contributed by atoms with Crippen LogP contribution in [0.25, 0.3) is 11.3 Å². The third-order valence-corrected chi connectivity index (χ3v) is 11.0. The van der Waals surface area contributed by atoms with E-state index in [0.717, 1.165) is 105 Å². The molecule has 2 saturated heterocycles. The van der Waals surface area contributed by atoms with Crippen molar-refractivity contribution in [3.05, 3.63) is 95.2 Å². The lowest BCUT2D eigenvalue weighted by Gasteiger charge is -2.40. The van der Waals surface area contributed by atoms with Crippen LogP contribution in [0.3, 0.4) is 0 Å². The Kier molecular flexibility index (Phi) is 11.1. The zero-order valence-corrected chi connectivity index (χ0v) is 31.1. The van der Waals surface area contributed by atoms with Gasteiger partial charge in [0.15, 0.2) is 0 Å². The van der Waals surface area contributed by atoms with Crippen LogP contribution < -0.4 is 20.4 Å². The van der Waals surface area contributed by atoms with Crippen LogP contribution in [0, 0.1) is 12.8 Å². The molecular formula is C42H50N8O3. The highest BCUT2D eigenvalue weighted by Crippen LogP contribution is 2.32. The molecule has 2 N–H and O–H groups in total. The molecule has 11 nitrogen and oxygen atoms in total. The van der Waals surface area contributed by atoms with Crippen LogP contribution in [0.2, 0.25) is 0 Å². The summed E-state index contributed by atoms with van der Waals surface area (Å²) in [5.74, 6) is 0.488. The molecule has 0 aliphatic carbocycles. The van der Waals surface area contributed by atoms with Crippen molar-refractivity contribution < 1.29 is 14.4 Å². The first-order valence-corrected chi connectivity index (χ1v) is 19.0. The predicted molar refractivity (Wildman–Crippen MR) is 210 cm³/mol. The van der Waals surface area contributed by atoms with Gasteiger partial charge in [-0.1, -0.05) is 25.5 Å². The summed E-state index contributed by atoms with van der Waals surface area (Å²) in [6.07, 6.45) is 5.90. The topological polar surface area (TPSA) is 114 Å². The molecular weight excluding hydrogens is 665 g/mol. The Balaban J connectivity index is 0.872. The number of fused-ring (bicyclic) bond motifs is 1.